The van der Waals surface area contributed by atoms with Gasteiger partial charge < -0.3 is 9.47 Å². The van der Waals surface area contributed by atoms with Crippen molar-refractivity contribution in [3.05, 3.63) is 86.8 Å². The van der Waals surface area contributed by atoms with E-state index in [0.717, 1.165) is 28.1 Å². The number of carbonyl (C=O) groups is 1. The van der Waals surface area contributed by atoms with Gasteiger partial charge in [-0.2, -0.15) is 5.10 Å². The zero-order valence-corrected chi connectivity index (χ0v) is 23.6. The lowest BCUT2D eigenvalue weighted by molar-refractivity contribution is -0.118. The molecule has 3 rings (SSSR count). The number of halogens is 1. The number of benzene rings is 2. The molecule has 7 nitrogen and oxygen atoms in total. The summed E-state index contributed by atoms with van der Waals surface area (Å²) in [6, 6.07) is 13.9. The minimum absolute atomic E-state index is 0.164. The molecule has 0 aliphatic heterocycles. The summed E-state index contributed by atoms with van der Waals surface area (Å²) in [4.78, 5) is 20.9. The van der Waals surface area contributed by atoms with Gasteiger partial charge in [-0.05, 0) is 91.2 Å². The van der Waals surface area contributed by atoms with Crippen molar-refractivity contribution in [1.82, 2.24) is 15.4 Å². The fourth-order valence-electron chi connectivity index (χ4n) is 3.33. The SMILES string of the molecule is C=CCc1cc(/C=N\NC(=O)CSc2nc(C)cc(C)n2)cc(OCC)c1OCc1ccc(I)cc1. The fraction of sp³-hybridized carbons (Fsp3) is 0.259. The smallest absolute Gasteiger partial charge is 0.250 e. The average molecular weight is 617 g/mol. The first-order chi connectivity index (χ1) is 17.4. The van der Waals surface area contributed by atoms with Crippen LogP contribution < -0.4 is 14.9 Å². The quantitative estimate of drug-likeness (QED) is 0.0708. The van der Waals surface area contributed by atoms with E-state index in [2.05, 4.69) is 61.8 Å². The van der Waals surface area contributed by atoms with Crippen LogP contribution in [0.15, 0.2) is 65.4 Å². The molecular formula is C27H29IN4O3S. The van der Waals surface area contributed by atoms with E-state index < -0.39 is 0 Å². The van der Waals surface area contributed by atoms with Gasteiger partial charge in [0.2, 0.25) is 0 Å². The van der Waals surface area contributed by atoms with Crippen molar-refractivity contribution in [1.29, 1.82) is 0 Å². The molecule has 0 aliphatic rings. The lowest BCUT2D eigenvalue weighted by atomic mass is 10.1. The number of aromatic nitrogens is 2. The Balaban J connectivity index is 1.68. The molecule has 0 bridgehead atoms. The van der Waals surface area contributed by atoms with Gasteiger partial charge in [0.15, 0.2) is 16.7 Å². The van der Waals surface area contributed by atoms with Crippen LogP contribution >= 0.6 is 34.4 Å². The number of amides is 1. The van der Waals surface area contributed by atoms with Gasteiger partial charge in [0.05, 0.1) is 18.6 Å². The Bertz CT molecular complexity index is 1210. The molecule has 188 valence electrons. The van der Waals surface area contributed by atoms with E-state index >= 15 is 0 Å². The van der Waals surface area contributed by atoms with E-state index in [-0.39, 0.29) is 11.7 Å². The molecule has 2 aromatic carbocycles. The van der Waals surface area contributed by atoms with Gasteiger partial charge >= 0.3 is 0 Å². The van der Waals surface area contributed by atoms with Crippen molar-refractivity contribution in [2.45, 2.75) is 39.0 Å². The minimum Gasteiger partial charge on any atom is -0.490 e. The summed E-state index contributed by atoms with van der Waals surface area (Å²) < 4.78 is 13.2. The topological polar surface area (TPSA) is 85.7 Å². The summed E-state index contributed by atoms with van der Waals surface area (Å²) >= 11 is 3.55. The molecule has 0 unspecified atom stereocenters. The van der Waals surface area contributed by atoms with Crippen LogP contribution in [0.3, 0.4) is 0 Å². The van der Waals surface area contributed by atoms with E-state index in [0.29, 0.717) is 36.3 Å². The van der Waals surface area contributed by atoms with Gasteiger partial charge in [0.1, 0.15) is 6.61 Å². The Hall–Kier alpha value is -2.92. The third-order valence-corrected chi connectivity index (χ3v) is 6.38. The molecule has 0 radical (unpaired) electrons. The van der Waals surface area contributed by atoms with Crippen LogP contribution in [0, 0.1) is 17.4 Å². The van der Waals surface area contributed by atoms with E-state index in [9.17, 15) is 4.79 Å². The number of nitrogens with one attached hydrogen (secondary N) is 1. The molecule has 1 amide bonds. The van der Waals surface area contributed by atoms with Crippen LogP contribution in [0.4, 0.5) is 0 Å². The van der Waals surface area contributed by atoms with Crippen molar-refractivity contribution in [2.24, 2.45) is 5.10 Å². The number of ether oxygens (including phenoxy) is 2. The van der Waals surface area contributed by atoms with Crippen molar-refractivity contribution >= 4 is 46.5 Å². The van der Waals surface area contributed by atoms with E-state index in [1.807, 2.05) is 57.2 Å². The summed E-state index contributed by atoms with van der Waals surface area (Å²) in [6.45, 7) is 10.5. The Kier molecular flexibility index (Phi) is 10.7. The Morgan fingerprint density at radius 1 is 1.14 bits per heavy atom. The fourth-order valence-corrected chi connectivity index (χ4v) is 4.43. The summed E-state index contributed by atoms with van der Waals surface area (Å²) in [5.41, 5.74) is 7.08. The largest absolute Gasteiger partial charge is 0.490 e. The average Bonchev–Trinajstić information content (AvgIpc) is 2.83. The van der Waals surface area contributed by atoms with Gasteiger partial charge in [-0.1, -0.05) is 30.0 Å². The summed E-state index contributed by atoms with van der Waals surface area (Å²) in [5.74, 6) is 1.23. The number of carbonyl (C=O) groups excluding carboxylic acids is 1. The first kappa shape index (κ1) is 27.7. The number of thioether (sulfide) groups is 1. The summed E-state index contributed by atoms with van der Waals surface area (Å²) in [7, 11) is 0. The number of rotatable bonds is 12. The van der Waals surface area contributed by atoms with Gasteiger partial charge in [-0.3, -0.25) is 4.79 Å². The molecule has 0 aliphatic carbocycles. The molecule has 36 heavy (non-hydrogen) atoms. The van der Waals surface area contributed by atoms with Crippen LogP contribution in [0.5, 0.6) is 11.5 Å². The lowest BCUT2D eigenvalue weighted by Crippen LogP contribution is -2.19. The summed E-state index contributed by atoms with van der Waals surface area (Å²) in [5, 5.41) is 4.69. The van der Waals surface area contributed by atoms with Gasteiger partial charge in [-0.15, -0.1) is 6.58 Å². The molecule has 9 heteroatoms. The molecule has 0 atom stereocenters. The van der Waals surface area contributed by atoms with E-state index in [1.54, 1.807) is 6.21 Å². The summed E-state index contributed by atoms with van der Waals surface area (Å²) in [6.07, 6.45) is 4.01. The second-order valence-electron chi connectivity index (χ2n) is 7.86. The number of hydrogen-bond donors (Lipinski definition) is 1. The molecule has 1 aromatic heterocycles. The Morgan fingerprint density at radius 2 is 1.86 bits per heavy atom. The first-order valence-electron chi connectivity index (χ1n) is 11.4. The van der Waals surface area contributed by atoms with Gasteiger partial charge in [-0.25, -0.2) is 15.4 Å². The first-order valence-corrected chi connectivity index (χ1v) is 13.5. The highest BCUT2D eigenvalue weighted by Crippen LogP contribution is 2.34. The number of allylic oxidation sites excluding steroid dienone is 1. The monoisotopic (exact) mass is 616 g/mol. The lowest BCUT2D eigenvalue weighted by Gasteiger charge is -2.17. The van der Waals surface area contributed by atoms with Crippen LogP contribution in [0.25, 0.3) is 0 Å². The van der Waals surface area contributed by atoms with E-state index in [1.165, 1.54) is 15.3 Å². The van der Waals surface area contributed by atoms with Crippen molar-refractivity contribution in [3.63, 3.8) is 0 Å². The van der Waals surface area contributed by atoms with Crippen molar-refractivity contribution in [2.75, 3.05) is 12.4 Å². The zero-order chi connectivity index (χ0) is 25.9. The Morgan fingerprint density at radius 3 is 2.53 bits per heavy atom. The number of hydrogen-bond acceptors (Lipinski definition) is 7. The van der Waals surface area contributed by atoms with Crippen LogP contribution in [0.1, 0.15) is 35.0 Å². The number of hydrazone groups is 1. The standard InChI is InChI=1S/C27H29IN4O3S/c1-5-7-22-13-21(15-29-32-25(33)17-36-27-30-18(3)12-19(4)31-27)14-24(34-6-2)26(22)35-16-20-8-10-23(28)11-9-20/h5,8-15H,1,6-7,16-17H2,2-4H3,(H,32,33)/b29-15-. The highest BCUT2D eigenvalue weighted by Gasteiger charge is 2.13. The maximum atomic E-state index is 12.3. The minimum atomic E-state index is -0.243. The molecular weight excluding hydrogens is 587 g/mol. The maximum absolute atomic E-state index is 12.3. The molecule has 0 saturated carbocycles. The van der Waals surface area contributed by atoms with Crippen molar-refractivity contribution in [3.8, 4) is 11.5 Å². The second kappa shape index (κ2) is 14.0. The van der Waals surface area contributed by atoms with Crippen LogP contribution in [-0.4, -0.2) is 34.4 Å². The predicted molar refractivity (Wildman–Crippen MR) is 153 cm³/mol. The highest BCUT2D eigenvalue weighted by atomic mass is 127. The van der Waals surface area contributed by atoms with E-state index in [4.69, 9.17) is 9.47 Å². The van der Waals surface area contributed by atoms with Crippen LogP contribution in [0.2, 0.25) is 0 Å². The second-order valence-corrected chi connectivity index (χ2v) is 10.1. The molecule has 0 spiro atoms. The van der Waals surface area contributed by atoms with Gasteiger partial charge in [0, 0.05) is 20.5 Å². The third-order valence-electron chi connectivity index (χ3n) is 4.81. The van der Waals surface area contributed by atoms with Crippen molar-refractivity contribution < 1.29 is 14.3 Å². The molecule has 0 fully saturated rings. The maximum Gasteiger partial charge on any atom is 0.250 e. The highest BCUT2D eigenvalue weighted by molar-refractivity contribution is 14.1. The van der Waals surface area contributed by atoms with Crippen LogP contribution in [-0.2, 0) is 17.8 Å². The van der Waals surface area contributed by atoms with Gasteiger partial charge in [0.25, 0.3) is 5.91 Å². The number of nitrogens with zero attached hydrogens (tertiary/aromatic N) is 3. The normalized spacial score (nSPS) is 10.9. The molecule has 1 N–H and O–H groups in total. The molecule has 3 aromatic rings. The zero-order valence-electron chi connectivity index (χ0n) is 20.6. The molecule has 0 saturated heterocycles. The number of aryl methyl sites for hydroxylation is 2. The third kappa shape index (κ3) is 8.63. The Labute approximate surface area is 229 Å². The molecule has 1 heterocycles. The predicted octanol–water partition coefficient (Wildman–Crippen LogP) is 5.65.